The second-order valence-electron chi connectivity index (χ2n) is 7.59. The van der Waals surface area contributed by atoms with E-state index < -0.39 is 0 Å². The van der Waals surface area contributed by atoms with Gasteiger partial charge in [-0.3, -0.25) is 14.5 Å². The van der Waals surface area contributed by atoms with E-state index in [1.807, 2.05) is 59.1 Å². The van der Waals surface area contributed by atoms with Crippen LogP contribution < -0.4 is 0 Å². The fraction of sp³-hybridized carbons (Fsp3) is 0.348. The average Bonchev–Trinajstić information content (AvgIpc) is 3.21. The van der Waals surface area contributed by atoms with Gasteiger partial charge >= 0.3 is 0 Å². The van der Waals surface area contributed by atoms with Gasteiger partial charge in [0.25, 0.3) is 5.91 Å². The monoisotopic (exact) mass is 374 g/mol. The molecule has 5 nitrogen and oxygen atoms in total. The molecule has 0 N–H and O–H groups in total. The molecule has 0 saturated carbocycles. The number of amides is 1. The Balaban J connectivity index is 1.47. The maximum absolute atomic E-state index is 13.3. The molecule has 0 spiro atoms. The lowest BCUT2D eigenvalue weighted by atomic mass is 9.92. The Morgan fingerprint density at radius 1 is 1.14 bits per heavy atom. The van der Waals surface area contributed by atoms with Crippen LogP contribution in [-0.2, 0) is 13.0 Å². The van der Waals surface area contributed by atoms with E-state index in [1.54, 1.807) is 6.20 Å². The molecule has 5 heteroatoms. The summed E-state index contributed by atoms with van der Waals surface area (Å²) in [7, 11) is 0. The van der Waals surface area contributed by atoms with Crippen molar-refractivity contribution in [2.75, 3.05) is 13.1 Å². The van der Waals surface area contributed by atoms with Gasteiger partial charge in [-0.2, -0.15) is 5.10 Å². The van der Waals surface area contributed by atoms with Crippen LogP contribution in [0.25, 0.3) is 0 Å². The average molecular weight is 374 g/mol. The van der Waals surface area contributed by atoms with E-state index in [0.29, 0.717) is 12.5 Å². The van der Waals surface area contributed by atoms with E-state index in [-0.39, 0.29) is 5.91 Å². The first-order chi connectivity index (χ1) is 13.7. The molecule has 144 valence electrons. The molecule has 3 heterocycles. The Bertz CT molecular complexity index is 935. The number of aromatic nitrogens is 3. The van der Waals surface area contributed by atoms with Crippen molar-refractivity contribution in [3.05, 3.63) is 83.4 Å². The minimum atomic E-state index is 0.129. The molecule has 28 heavy (non-hydrogen) atoms. The molecular weight excluding hydrogens is 348 g/mol. The van der Waals surface area contributed by atoms with Gasteiger partial charge in [-0.15, -0.1) is 0 Å². The smallest absolute Gasteiger partial charge is 0.254 e. The zero-order chi connectivity index (χ0) is 19.3. The molecule has 1 amide bonds. The number of hydrogen-bond donors (Lipinski definition) is 0. The van der Waals surface area contributed by atoms with E-state index >= 15 is 0 Å². The van der Waals surface area contributed by atoms with Crippen LogP contribution in [0.4, 0.5) is 0 Å². The number of carbonyl (C=O) groups is 1. The van der Waals surface area contributed by atoms with Gasteiger partial charge in [-0.1, -0.05) is 24.3 Å². The summed E-state index contributed by atoms with van der Waals surface area (Å²) in [6.07, 6.45) is 6.81. The molecule has 1 aliphatic heterocycles. The Morgan fingerprint density at radius 3 is 2.86 bits per heavy atom. The van der Waals surface area contributed by atoms with Crippen molar-refractivity contribution in [1.29, 1.82) is 0 Å². The van der Waals surface area contributed by atoms with Gasteiger partial charge in [0, 0.05) is 42.4 Å². The van der Waals surface area contributed by atoms with Crippen LogP contribution in [0, 0.1) is 12.8 Å². The van der Waals surface area contributed by atoms with Crippen LogP contribution in [0.2, 0.25) is 0 Å². The number of benzene rings is 1. The highest BCUT2D eigenvalue weighted by atomic mass is 16.2. The summed E-state index contributed by atoms with van der Waals surface area (Å²) in [5, 5.41) is 4.28. The Morgan fingerprint density at radius 2 is 2.04 bits per heavy atom. The van der Waals surface area contributed by atoms with Crippen molar-refractivity contribution in [1.82, 2.24) is 19.7 Å². The number of likely N-dealkylation sites (tertiary alicyclic amines) is 1. The van der Waals surface area contributed by atoms with Gasteiger partial charge in [0.05, 0.1) is 6.54 Å². The molecule has 0 unspecified atom stereocenters. The molecular formula is C23H26N4O. The van der Waals surface area contributed by atoms with Crippen molar-refractivity contribution < 1.29 is 4.79 Å². The molecule has 3 aromatic rings. The fourth-order valence-electron chi connectivity index (χ4n) is 4.03. The lowest BCUT2D eigenvalue weighted by Crippen LogP contribution is -2.41. The summed E-state index contributed by atoms with van der Waals surface area (Å²) in [5.41, 5.74) is 3.97. The van der Waals surface area contributed by atoms with Gasteiger partial charge in [0.1, 0.15) is 0 Å². The number of rotatable bonds is 5. The SMILES string of the molecule is Cc1cccc(C[C@H]2CCCN(C(=O)c3ccccc3Cn3cccn3)C2)n1. The molecule has 0 radical (unpaired) electrons. The third-order valence-electron chi connectivity index (χ3n) is 5.39. The number of hydrogen-bond acceptors (Lipinski definition) is 3. The molecule has 4 rings (SSSR count). The number of pyridine rings is 1. The van der Waals surface area contributed by atoms with E-state index in [0.717, 1.165) is 54.9 Å². The fourth-order valence-corrected chi connectivity index (χ4v) is 4.03. The van der Waals surface area contributed by atoms with Gasteiger partial charge in [0.15, 0.2) is 0 Å². The quantitative estimate of drug-likeness (QED) is 0.684. The summed E-state index contributed by atoms with van der Waals surface area (Å²) < 4.78 is 1.86. The lowest BCUT2D eigenvalue weighted by molar-refractivity contribution is 0.0671. The highest BCUT2D eigenvalue weighted by Gasteiger charge is 2.26. The van der Waals surface area contributed by atoms with Gasteiger partial charge in [-0.25, -0.2) is 0 Å². The van der Waals surface area contributed by atoms with Crippen molar-refractivity contribution in [3.63, 3.8) is 0 Å². The van der Waals surface area contributed by atoms with Gasteiger partial charge in [0.2, 0.25) is 0 Å². The van der Waals surface area contributed by atoms with E-state index in [9.17, 15) is 4.79 Å². The third kappa shape index (κ3) is 4.30. The molecule has 1 aromatic carbocycles. The minimum Gasteiger partial charge on any atom is -0.338 e. The maximum atomic E-state index is 13.3. The van der Waals surface area contributed by atoms with Crippen molar-refractivity contribution in [3.8, 4) is 0 Å². The molecule has 1 atom stereocenters. The first-order valence-electron chi connectivity index (χ1n) is 9.96. The summed E-state index contributed by atoms with van der Waals surface area (Å²) in [6.45, 7) is 4.26. The number of carbonyl (C=O) groups excluding carboxylic acids is 1. The van der Waals surface area contributed by atoms with Crippen LogP contribution in [-0.4, -0.2) is 38.7 Å². The summed E-state index contributed by atoms with van der Waals surface area (Å²) >= 11 is 0. The first kappa shape index (κ1) is 18.4. The van der Waals surface area contributed by atoms with Crippen LogP contribution in [0.3, 0.4) is 0 Å². The van der Waals surface area contributed by atoms with Crippen LogP contribution in [0.5, 0.6) is 0 Å². The molecule has 0 aliphatic carbocycles. The van der Waals surface area contributed by atoms with E-state index in [2.05, 4.69) is 22.2 Å². The Labute approximate surface area is 166 Å². The molecule has 1 fully saturated rings. The lowest BCUT2D eigenvalue weighted by Gasteiger charge is -2.33. The molecule has 2 aromatic heterocycles. The van der Waals surface area contributed by atoms with E-state index in [4.69, 9.17) is 0 Å². The predicted octanol–water partition coefficient (Wildman–Crippen LogP) is 3.73. The number of piperidine rings is 1. The molecule has 1 saturated heterocycles. The predicted molar refractivity (Wildman–Crippen MR) is 109 cm³/mol. The Kier molecular flexibility index (Phi) is 5.51. The summed E-state index contributed by atoms with van der Waals surface area (Å²) in [4.78, 5) is 19.9. The molecule has 1 aliphatic rings. The minimum absolute atomic E-state index is 0.129. The highest BCUT2D eigenvalue weighted by Crippen LogP contribution is 2.23. The standard InChI is InChI=1S/C23H26N4O/c1-18-7-4-10-21(25-18)15-19-8-5-13-26(16-19)23(28)22-11-3-2-9-20(22)17-27-14-6-12-24-27/h2-4,6-7,9-12,14,19H,5,8,13,15-17H2,1H3/t19-/m1/s1. The first-order valence-corrected chi connectivity index (χ1v) is 9.96. The highest BCUT2D eigenvalue weighted by molar-refractivity contribution is 5.95. The second-order valence-corrected chi connectivity index (χ2v) is 7.59. The third-order valence-corrected chi connectivity index (χ3v) is 5.39. The number of nitrogens with zero attached hydrogens (tertiary/aromatic N) is 4. The zero-order valence-corrected chi connectivity index (χ0v) is 16.3. The molecule has 0 bridgehead atoms. The van der Waals surface area contributed by atoms with Crippen molar-refractivity contribution in [2.24, 2.45) is 5.92 Å². The van der Waals surface area contributed by atoms with Crippen LogP contribution >= 0.6 is 0 Å². The second kappa shape index (κ2) is 8.38. The van der Waals surface area contributed by atoms with Crippen molar-refractivity contribution in [2.45, 2.75) is 32.7 Å². The largest absolute Gasteiger partial charge is 0.338 e. The zero-order valence-electron chi connectivity index (χ0n) is 16.3. The van der Waals surface area contributed by atoms with E-state index in [1.165, 1.54) is 0 Å². The van der Waals surface area contributed by atoms with Crippen molar-refractivity contribution >= 4 is 5.91 Å². The topological polar surface area (TPSA) is 51.0 Å². The maximum Gasteiger partial charge on any atom is 0.254 e. The Hall–Kier alpha value is -2.95. The van der Waals surface area contributed by atoms with Crippen LogP contribution in [0.1, 0.15) is 40.2 Å². The normalized spacial score (nSPS) is 16.9. The van der Waals surface area contributed by atoms with Crippen LogP contribution in [0.15, 0.2) is 60.9 Å². The summed E-state index contributed by atoms with van der Waals surface area (Å²) in [6, 6.07) is 16.0. The summed E-state index contributed by atoms with van der Waals surface area (Å²) in [5.74, 6) is 0.593. The van der Waals surface area contributed by atoms with Gasteiger partial charge < -0.3 is 4.90 Å². The number of aryl methyl sites for hydroxylation is 1. The van der Waals surface area contributed by atoms with Gasteiger partial charge in [-0.05, 0) is 61.9 Å².